The lowest BCUT2D eigenvalue weighted by Gasteiger charge is -2.04. The number of amides is 1. The molecule has 0 atom stereocenters. The smallest absolute Gasteiger partial charge is 0.256 e. The third-order valence-corrected chi connectivity index (χ3v) is 2.74. The van der Waals surface area contributed by atoms with E-state index in [1.54, 1.807) is 6.92 Å². The molecule has 0 spiro atoms. The Balaban J connectivity index is 1.94. The Morgan fingerprint density at radius 3 is 2.75 bits per heavy atom. The van der Waals surface area contributed by atoms with Crippen LogP contribution in [0, 0.1) is 18.8 Å². The van der Waals surface area contributed by atoms with Crippen LogP contribution in [-0.2, 0) is 6.54 Å². The number of nitrogens with one attached hydrogen (secondary N) is 1. The molecule has 3 N–H and O–H groups in total. The summed E-state index contributed by atoms with van der Waals surface area (Å²) in [7, 11) is 0. The molecule has 0 bridgehead atoms. The van der Waals surface area contributed by atoms with E-state index >= 15 is 0 Å². The molecule has 5 nitrogen and oxygen atoms in total. The van der Waals surface area contributed by atoms with Crippen LogP contribution in [0.4, 0.5) is 0 Å². The molecule has 1 amide bonds. The van der Waals surface area contributed by atoms with Gasteiger partial charge in [-0.05, 0) is 24.6 Å². The van der Waals surface area contributed by atoms with Gasteiger partial charge in [0, 0.05) is 12.1 Å². The van der Waals surface area contributed by atoms with E-state index < -0.39 is 0 Å². The van der Waals surface area contributed by atoms with Gasteiger partial charge in [-0.3, -0.25) is 4.79 Å². The summed E-state index contributed by atoms with van der Waals surface area (Å²) in [5.74, 6) is 6.04. The van der Waals surface area contributed by atoms with E-state index in [0.29, 0.717) is 24.4 Å². The first-order valence-corrected chi connectivity index (χ1v) is 6.18. The van der Waals surface area contributed by atoms with E-state index in [0.717, 1.165) is 11.1 Å². The van der Waals surface area contributed by atoms with E-state index in [2.05, 4.69) is 22.3 Å². The number of rotatable bonds is 3. The molecule has 0 fully saturated rings. The van der Waals surface area contributed by atoms with Gasteiger partial charge in [0.2, 0.25) is 0 Å². The highest BCUT2D eigenvalue weighted by Gasteiger charge is 2.11. The summed E-state index contributed by atoms with van der Waals surface area (Å²) in [5, 5.41) is 6.39. The number of hydrogen-bond donors (Lipinski definition) is 2. The normalized spacial score (nSPS) is 9.70. The average Bonchev–Trinajstić information content (AvgIpc) is 2.90. The lowest BCUT2D eigenvalue weighted by atomic mass is 10.1. The Labute approximate surface area is 117 Å². The number of hydrogen-bond acceptors (Lipinski definition) is 4. The van der Waals surface area contributed by atoms with Gasteiger partial charge in [0.15, 0.2) is 0 Å². The van der Waals surface area contributed by atoms with Gasteiger partial charge in [-0.1, -0.05) is 29.1 Å². The molecule has 20 heavy (non-hydrogen) atoms. The van der Waals surface area contributed by atoms with E-state index in [1.807, 2.05) is 24.3 Å². The largest absolute Gasteiger partial charge is 0.361 e. The highest BCUT2D eigenvalue weighted by Crippen LogP contribution is 2.07. The van der Waals surface area contributed by atoms with Crippen molar-refractivity contribution in [2.75, 3.05) is 6.54 Å². The Bertz CT molecular complexity index is 648. The number of nitrogens with two attached hydrogens (primary N) is 1. The Hall–Kier alpha value is -2.58. The van der Waals surface area contributed by atoms with E-state index in [4.69, 9.17) is 10.3 Å². The SMILES string of the molecule is Cc1oncc1C(=O)NCc1ccc(C#CCN)cc1. The predicted octanol–water partition coefficient (Wildman–Crippen LogP) is 1.22. The minimum Gasteiger partial charge on any atom is -0.361 e. The molecule has 0 radical (unpaired) electrons. The molecule has 0 saturated heterocycles. The van der Waals surface area contributed by atoms with Gasteiger partial charge in [-0.15, -0.1) is 0 Å². The van der Waals surface area contributed by atoms with Crippen molar-refractivity contribution in [2.24, 2.45) is 5.73 Å². The number of carbonyl (C=O) groups excluding carboxylic acids is 1. The summed E-state index contributed by atoms with van der Waals surface area (Å²) in [4.78, 5) is 11.9. The van der Waals surface area contributed by atoms with Gasteiger partial charge in [0.1, 0.15) is 11.3 Å². The molecule has 0 aliphatic heterocycles. The van der Waals surface area contributed by atoms with Crippen molar-refractivity contribution in [2.45, 2.75) is 13.5 Å². The molecule has 5 heteroatoms. The maximum atomic E-state index is 11.9. The summed E-state index contributed by atoms with van der Waals surface area (Å²) >= 11 is 0. The second-order valence-corrected chi connectivity index (χ2v) is 4.18. The van der Waals surface area contributed by atoms with Crippen LogP contribution < -0.4 is 11.1 Å². The molecular weight excluding hydrogens is 254 g/mol. The number of aryl methyl sites for hydroxylation is 1. The van der Waals surface area contributed by atoms with Gasteiger partial charge in [0.25, 0.3) is 5.91 Å². The average molecular weight is 269 g/mol. The topological polar surface area (TPSA) is 81.2 Å². The number of nitrogens with zero attached hydrogens (tertiary/aromatic N) is 1. The van der Waals surface area contributed by atoms with Crippen molar-refractivity contribution in [3.05, 3.63) is 52.9 Å². The highest BCUT2D eigenvalue weighted by molar-refractivity contribution is 5.94. The minimum atomic E-state index is -0.198. The minimum absolute atomic E-state index is 0.198. The third-order valence-electron chi connectivity index (χ3n) is 2.74. The summed E-state index contributed by atoms with van der Waals surface area (Å²) in [6, 6.07) is 7.63. The van der Waals surface area contributed by atoms with Crippen molar-refractivity contribution in [1.29, 1.82) is 0 Å². The van der Waals surface area contributed by atoms with Crippen LogP contribution in [0.15, 0.2) is 35.0 Å². The van der Waals surface area contributed by atoms with E-state index in [9.17, 15) is 4.79 Å². The first kappa shape index (κ1) is 13.8. The Kier molecular flexibility index (Phi) is 4.53. The maximum absolute atomic E-state index is 11.9. The quantitative estimate of drug-likeness (QED) is 0.821. The zero-order chi connectivity index (χ0) is 14.4. The monoisotopic (exact) mass is 269 g/mol. The number of carbonyl (C=O) groups is 1. The van der Waals surface area contributed by atoms with Crippen molar-refractivity contribution >= 4 is 5.91 Å². The van der Waals surface area contributed by atoms with E-state index in [-0.39, 0.29) is 5.91 Å². The van der Waals surface area contributed by atoms with Gasteiger partial charge >= 0.3 is 0 Å². The van der Waals surface area contributed by atoms with Crippen LogP contribution in [-0.4, -0.2) is 17.6 Å². The van der Waals surface area contributed by atoms with Gasteiger partial charge in [-0.2, -0.15) is 0 Å². The van der Waals surface area contributed by atoms with Crippen LogP contribution >= 0.6 is 0 Å². The first-order chi connectivity index (χ1) is 9.70. The van der Waals surface area contributed by atoms with Gasteiger partial charge in [0.05, 0.1) is 12.7 Å². The van der Waals surface area contributed by atoms with Gasteiger partial charge < -0.3 is 15.6 Å². The lowest BCUT2D eigenvalue weighted by molar-refractivity contribution is 0.0949. The predicted molar refractivity (Wildman–Crippen MR) is 74.8 cm³/mol. The molecule has 0 aliphatic carbocycles. The van der Waals surface area contributed by atoms with Crippen LogP contribution in [0.5, 0.6) is 0 Å². The van der Waals surface area contributed by atoms with Crippen LogP contribution in [0.1, 0.15) is 27.2 Å². The molecule has 2 rings (SSSR count). The zero-order valence-electron chi connectivity index (χ0n) is 11.1. The lowest BCUT2D eigenvalue weighted by Crippen LogP contribution is -2.22. The molecule has 0 unspecified atom stereocenters. The molecule has 2 aromatic rings. The van der Waals surface area contributed by atoms with E-state index in [1.165, 1.54) is 6.20 Å². The fourth-order valence-corrected chi connectivity index (χ4v) is 1.65. The Morgan fingerprint density at radius 1 is 1.40 bits per heavy atom. The summed E-state index contributed by atoms with van der Waals surface area (Å²) in [6.07, 6.45) is 1.41. The Morgan fingerprint density at radius 2 is 2.15 bits per heavy atom. The second-order valence-electron chi connectivity index (χ2n) is 4.18. The van der Waals surface area contributed by atoms with Crippen molar-refractivity contribution in [3.63, 3.8) is 0 Å². The van der Waals surface area contributed by atoms with Gasteiger partial charge in [-0.25, -0.2) is 0 Å². The summed E-state index contributed by atoms with van der Waals surface area (Å²) in [5.41, 5.74) is 7.66. The third kappa shape index (κ3) is 3.46. The standard InChI is InChI=1S/C15H15N3O2/c1-11-14(10-18-20-11)15(19)17-9-13-6-4-12(5-7-13)3-2-8-16/h4-7,10H,8-9,16H2,1H3,(H,17,19). The molecule has 1 aromatic carbocycles. The van der Waals surface area contributed by atoms with Crippen molar-refractivity contribution in [3.8, 4) is 11.8 Å². The molecule has 102 valence electrons. The fraction of sp³-hybridized carbons (Fsp3) is 0.200. The summed E-state index contributed by atoms with van der Waals surface area (Å²) < 4.78 is 4.85. The molecular formula is C15H15N3O2. The van der Waals surface area contributed by atoms with Crippen LogP contribution in [0.2, 0.25) is 0 Å². The zero-order valence-corrected chi connectivity index (χ0v) is 11.1. The number of aromatic nitrogens is 1. The highest BCUT2D eigenvalue weighted by atomic mass is 16.5. The molecule has 1 aromatic heterocycles. The van der Waals surface area contributed by atoms with Crippen LogP contribution in [0.3, 0.4) is 0 Å². The summed E-state index contributed by atoms with van der Waals surface area (Å²) in [6.45, 7) is 2.48. The number of benzene rings is 1. The fourth-order valence-electron chi connectivity index (χ4n) is 1.65. The maximum Gasteiger partial charge on any atom is 0.256 e. The second kappa shape index (κ2) is 6.55. The first-order valence-electron chi connectivity index (χ1n) is 6.18. The molecule has 0 aliphatic rings. The molecule has 0 saturated carbocycles. The van der Waals surface area contributed by atoms with Crippen molar-refractivity contribution < 1.29 is 9.32 Å². The van der Waals surface area contributed by atoms with Crippen LogP contribution in [0.25, 0.3) is 0 Å². The molecule has 1 heterocycles. The van der Waals surface area contributed by atoms with Crippen molar-refractivity contribution in [1.82, 2.24) is 10.5 Å².